The van der Waals surface area contributed by atoms with Crippen LogP contribution in [0.25, 0.3) is 0 Å². The number of hydrogen-bond acceptors (Lipinski definition) is 5. The molecule has 0 saturated heterocycles. The van der Waals surface area contributed by atoms with Crippen molar-refractivity contribution in [2.24, 2.45) is 11.3 Å². The Balaban J connectivity index is 2.81. The summed E-state index contributed by atoms with van der Waals surface area (Å²) in [6, 6.07) is 7.38. The molecular weight excluding hydrogens is 296 g/mol. The first-order valence-electron chi connectivity index (χ1n) is 7.20. The summed E-state index contributed by atoms with van der Waals surface area (Å²) in [5.74, 6) is -0.672. The molecule has 0 N–H and O–H groups in total. The minimum atomic E-state index is -0.840. The number of hydrogen-bond donors (Lipinski definition) is 0. The summed E-state index contributed by atoms with van der Waals surface area (Å²) in [6.45, 7) is 7.43. The summed E-state index contributed by atoms with van der Waals surface area (Å²) >= 11 is 0. The maximum absolute atomic E-state index is 12.0. The maximum atomic E-state index is 12.0. The Hall–Kier alpha value is -2.68. The lowest BCUT2D eigenvalue weighted by molar-refractivity contribution is -0.384. The Labute approximate surface area is 135 Å². The largest absolute Gasteiger partial charge is 0.460 e. The van der Waals surface area contributed by atoms with Crippen LogP contribution in [0.1, 0.15) is 38.1 Å². The number of non-ortho nitro benzene ring substituents is 1. The fraction of sp³-hybridized carbons (Fsp3) is 0.412. The average Bonchev–Trinajstić information content (AvgIpc) is 2.57. The van der Waals surface area contributed by atoms with Crippen LogP contribution in [-0.4, -0.2) is 17.5 Å². The van der Waals surface area contributed by atoms with Crippen molar-refractivity contribution >= 4 is 11.7 Å². The first-order valence-corrected chi connectivity index (χ1v) is 7.20. The van der Waals surface area contributed by atoms with Crippen LogP contribution in [0.5, 0.6) is 0 Å². The number of carbonyl (C=O) groups is 1. The molecule has 0 fully saturated rings. The number of nitro benzene ring substituents is 1. The minimum absolute atomic E-state index is 0.0499. The van der Waals surface area contributed by atoms with Gasteiger partial charge in [0.05, 0.1) is 22.0 Å². The lowest BCUT2D eigenvalue weighted by atomic mass is 9.76. The van der Waals surface area contributed by atoms with Crippen molar-refractivity contribution in [2.45, 2.75) is 27.7 Å². The summed E-state index contributed by atoms with van der Waals surface area (Å²) in [5.41, 5.74) is 0.319. The summed E-state index contributed by atoms with van der Waals surface area (Å²) in [5, 5.41) is 20.0. The molecule has 0 aromatic heterocycles. The first kappa shape index (κ1) is 18.4. The molecule has 0 unspecified atom stereocenters. The summed E-state index contributed by atoms with van der Waals surface area (Å²) < 4.78 is 5.24. The average molecular weight is 316 g/mol. The van der Waals surface area contributed by atoms with Gasteiger partial charge in [0.1, 0.15) is 6.61 Å². The second-order valence-corrected chi connectivity index (χ2v) is 5.66. The molecule has 2 atom stereocenters. The lowest BCUT2D eigenvalue weighted by Crippen LogP contribution is -2.31. The van der Waals surface area contributed by atoms with E-state index in [1.165, 1.54) is 24.3 Å². The van der Waals surface area contributed by atoms with E-state index in [1.54, 1.807) is 6.92 Å². The van der Waals surface area contributed by atoms with E-state index in [-0.39, 0.29) is 23.8 Å². The highest BCUT2D eigenvalue weighted by atomic mass is 16.6. The molecule has 0 amide bonds. The molecule has 0 spiro atoms. The van der Waals surface area contributed by atoms with E-state index < -0.39 is 16.3 Å². The van der Waals surface area contributed by atoms with Crippen LogP contribution in [0.4, 0.5) is 5.69 Å². The fourth-order valence-corrected chi connectivity index (χ4v) is 2.02. The van der Waals surface area contributed by atoms with Gasteiger partial charge in [-0.3, -0.25) is 10.1 Å². The predicted molar refractivity (Wildman–Crippen MR) is 85.7 cm³/mol. The third-order valence-electron chi connectivity index (χ3n) is 4.17. The molecule has 1 rings (SSSR count). The van der Waals surface area contributed by atoms with E-state index in [9.17, 15) is 20.2 Å². The molecular formula is C17H20N2O4. The zero-order valence-electron chi connectivity index (χ0n) is 13.7. The summed E-state index contributed by atoms with van der Waals surface area (Å²) in [6.07, 6.45) is 1.93. The SMILES string of the molecule is C/C=C(\C)[C@@H](C)[C@](C)(C#N)COC(=O)c1ccc([N+](=O)[O-])cc1. The maximum Gasteiger partial charge on any atom is 0.338 e. The molecule has 0 radical (unpaired) electrons. The van der Waals surface area contributed by atoms with Crippen LogP contribution in [0.3, 0.4) is 0 Å². The van der Waals surface area contributed by atoms with Gasteiger partial charge in [0, 0.05) is 12.1 Å². The third kappa shape index (κ3) is 4.39. The van der Waals surface area contributed by atoms with E-state index in [2.05, 4.69) is 6.07 Å². The Bertz CT molecular complexity index is 658. The van der Waals surface area contributed by atoms with Gasteiger partial charge in [-0.25, -0.2) is 4.79 Å². The van der Waals surface area contributed by atoms with E-state index in [1.807, 2.05) is 26.8 Å². The topological polar surface area (TPSA) is 93.2 Å². The fourth-order valence-electron chi connectivity index (χ4n) is 2.02. The Morgan fingerprint density at radius 3 is 2.48 bits per heavy atom. The summed E-state index contributed by atoms with van der Waals surface area (Å²) in [7, 11) is 0. The standard InChI is InChI=1S/C17H20N2O4/c1-5-12(2)13(3)17(4,10-18)11-23-16(20)14-6-8-15(9-7-14)19(21)22/h5-9,13H,11H2,1-4H3/b12-5+/t13-,17-/m1/s1. The Morgan fingerprint density at radius 1 is 1.48 bits per heavy atom. The van der Waals surface area contributed by atoms with Gasteiger partial charge < -0.3 is 4.74 Å². The molecule has 0 aliphatic heterocycles. The lowest BCUT2D eigenvalue weighted by Gasteiger charge is -2.29. The monoisotopic (exact) mass is 316 g/mol. The van der Waals surface area contributed by atoms with Crippen molar-refractivity contribution in [3.05, 3.63) is 51.6 Å². The Kier molecular flexibility index (Phi) is 6.02. The van der Waals surface area contributed by atoms with Crippen molar-refractivity contribution in [3.8, 4) is 6.07 Å². The highest BCUT2D eigenvalue weighted by Gasteiger charge is 2.34. The highest BCUT2D eigenvalue weighted by Crippen LogP contribution is 2.32. The molecule has 1 aromatic rings. The third-order valence-corrected chi connectivity index (χ3v) is 4.17. The summed E-state index contributed by atoms with van der Waals surface area (Å²) in [4.78, 5) is 22.1. The number of carbonyl (C=O) groups excluding carboxylic acids is 1. The van der Waals surface area contributed by atoms with Crippen LogP contribution < -0.4 is 0 Å². The van der Waals surface area contributed by atoms with Crippen molar-refractivity contribution in [1.29, 1.82) is 5.26 Å². The molecule has 0 aliphatic carbocycles. The number of allylic oxidation sites excluding steroid dienone is 2. The second-order valence-electron chi connectivity index (χ2n) is 5.66. The predicted octanol–water partition coefficient (Wildman–Crippen LogP) is 3.88. The zero-order valence-corrected chi connectivity index (χ0v) is 13.7. The molecule has 6 heteroatoms. The first-order chi connectivity index (χ1) is 10.7. The van der Waals surface area contributed by atoms with Gasteiger partial charge in [0.15, 0.2) is 0 Å². The second kappa shape index (κ2) is 7.54. The van der Waals surface area contributed by atoms with Gasteiger partial charge in [-0.05, 0) is 38.8 Å². The molecule has 0 bridgehead atoms. The zero-order chi connectivity index (χ0) is 17.6. The highest BCUT2D eigenvalue weighted by molar-refractivity contribution is 5.89. The molecule has 122 valence electrons. The smallest absolute Gasteiger partial charge is 0.338 e. The number of ether oxygens (including phenoxy) is 1. The van der Waals surface area contributed by atoms with Crippen molar-refractivity contribution < 1.29 is 14.5 Å². The van der Waals surface area contributed by atoms with Crippen molar-refractivity contribution in [1.82, 2.24) is 0 Å². The number of rotatable bonds is 6. The molecule has 0 saturated carbocycles. The van der Waals surface area contributed by atoms with E-state index >= 15 is 0 Å². The van der Waals surface area contributed by atoms with Crippen LogP contribution in [-0.2, 0) is 4.74 Å². The van der Waals surface area contributed by atoms with Crippen molar-refractivity contribution in [3.63, 3.8) is 0 Å². The number of esters is 1. The van der Waals surface area contributed by atoms with Crippen LogP contribution in [0, 0.1) is 32.8 Å². The van der Waals surface area contributed by atoms with E-state index in [0.717, 1.165) is 5.57 Å². The molecule has 0 heterocycles. The van der Waals surface area contributed by atoms with E-state index in [0.29, 0.717) is 0 Å². The normalized spacial score (nSPS) is 15.2. The van der Waals surface area contributed by atoms with Crippen molar-refractivity contribution in [2.75, 3.05) is 6.61 Å². The number of benzene rings is 1. The molecule has 0 aliphatic rings. The molecule has 6 nitrogen and oxygen atoms in total. The Morgan fingerprint density at radius 2 is 2.04 bits per heavy atom. The number of nitro groups is 1. The van der Waals surface area contributed by atoms with Crippen LogP contribution in [0.15, 0.2) is 35.9 Å². The van der Waals surface area contributed by atoms with Gasteiger partial charge in [-0.1, -0.05) is 18.6 Å². The van der Waals surface area contributed by atoms with Gasteiger partial charge in [-0.15, -0.1) is 0 Å². The van der Waals surface area contributed by atoms with Gasteiger partial charge in [0.2, 0.25) is 0 Å². The van der Waals surface area contributed by atoms with Gasteiger partial charge >= 0.3 is 5.97 Å². The van der Waals surface area contributed by atoms with E-state index in [4.69, 9.17) is 4.74 Å². The number of nitriles is 1. The van der Waals surface area contributed by atoms with Crippen LogP contribution >= 0.6 is 0 Å². The van der Waals surface area contributed by atoms with Gasteiger partial charge in [0.25, 0.3) is 5.69 Å². The minimum Gasteiger partial charge on any atom is -0.460 e. The van der Waals surface area contributed by atoms with Gasteiger partial charge in [-0.2, -0.15) is 5.26 Å². The molecule has 1 aromatic carbocycles. The number of nitrogens with zero attached hydrogens (tertiary/aromatic N) is 2. The van der Waals surface area contributed by atoms with Crippen LogP contribution in [0.2, 0.25) is 0 Å². The quantitative estimate of drug-likeness (QED) is 0.343. The molecule has 23 heavy (non-hydrogen) atoms.